The monoisotopic (exact) mass is 282 g/mol. The Morgan fingerprint density at radius 1 is 1.58 bits per heavy atom. The minimum Gasteiger partial charge on any atom is -0.469 e. The van der Waals surface area contributed by atoms with Crippen LogP contribution in [0.1, 0.15) is 35.7 Å². The minimum absolute atomic E-state index is 0.0462. The number of furan rings is 1. The summed E-state index contributed by atoms with van der Waals surface area (Å²) in [5, 5.41) is 5.13. The molecule has 5 nitrogen and oxygen atoms in total. The number of rotatable bonds is 5. The molecule has 0 radical (unpaired) electrons. The number of aromatic nitrogens is 2. The first-order chi connectivity index (χ1) is 9.06. The van der Waals surface area contributed by atoms with Crippen molar-refractivity contribution < 1.29 is 4.42 Å². The molecule has 1 atom stereocenters. The van der Waals surface area contributed by atoms with Gasteiger partial charge < -0.3 is 4.42 Å². The second-order valence-electron chi connectivity index (χ2n) is 4.60. The Morgan fingerprint density at radius 2 is 2.32 bits per heavy atom. The summed E-state index contributed by atoms with van der Waals surface area (Å²) >= 11 is 6.35. The molecule has 2 heterocycles. The summed E-state index contributed by atoms with van der Waals surface area (Å²) in [6, 6.07) is 1.92. The van der Waals surface area contributed by atoms with E-state index in [1.165, 1.54) is 0 Å². The van der Waals surface area contributed by atoms with Gasteiger partial charge >= 0.3 is 0 Å². The van der Waals surface area contributed by atoms with Crippen LogP contribution in [0.2, 0.25) is 5.02 Å². The lowest BCUT2D eigenvalue weighted by Gasteiger charge is -2.14. The molecule has 3 N–H and O–H groups in total. The van der Waals surface area contributed by atoms with Crippen LogP contribution in [0.25, 0.3) is 0 Å². The maximum absolute atomic E-state index is 6.35. The van der Waals surface area contributed by atoms with Crippen LogP contribution in [0.3, 0.4) is 0 Å². The summed E-state index contributed by atoms with van der Waals surface area (Å²) in [5.74, 6) is 6.50. The summed E-state index contributed by atoms with van der Waals surface area (Å²) in [5.41, 5.74) is 5.70. The minimum atomic E-state index is -0.0462. The molecule has 2 aromatic rings. The maximum atomic E-state index is 6.35. The summed E-state index contributed by atoms with van der Waals surface area (Å²) < 4.78 is 7.14. The largest absolute Gasteiger partial charge is 0.469 e. The lowest BCUT2D eigenvalue weighted by Crippen LogP contribution is -2.29. The Hall–Kier alpha value is -1.30. The number of aryl methyl sites for hydroxylation is 3. The second-order valence-corrected chi connectivity index (χ2v) is 4.98. The van der Waals surface area contributed by atoms with E-state index in [9.17, 15) is 0 Å². The van der Waals surface area contributed by atoms with Crippen molar-refractivity contribution in [1.82, 2.24) is 15.2 Å². The van der Waals surface area contributed by atoms with E-state index in [4.69, 9.17) is 21.9 Å². The van der Waals surface area contributed by atoms with Crippen LogP contribution in [0.5, 0.6) is 0 Å². The summed E-state index contributed by atoms with van der Waals surface area (Å²) in [7, 11) is 1.90. The van der Waals surface area contributed by atoms with Gasteiger partial charge in [-0.3, -0.25) is 16.0 Å². The maximum Gasteiger partial charge on any atom is 0.101 e. The molecule has 1 unspecified atom stereocenters. The van der Waals surface area contributed by atoms with Crippen molar-refractivity contribution in [3.05, 3.63) is 40.1 Å². The molecule has 19 heavy (non-hydrogen) atoms. The molecule has 0 aromatic carbocycles. The molecule has 6 heteroatoms. The number of halogens is 1. The molecule has 0 aliphatic carbocycles. The van der Waals surface area contributed by atoms with Crippen LogP contribution in [0.15, 0.2) is 16.7 Å². The third-order valence-electron chi connectivity index (χ3n) is 3.25. The molecule has 0 saturated heterocycles. The highest BCUT2D eigenvalue weighted by Gasteiger charge is 2.19. The van der Waals surface area contributed by atoms with Crippen molar-refractivity contribution in [2.45, 2.75) is 32.7 Å². The lowest BCUT2D eigenvalue weighted by atomic mass is 10.0. The summed E-state index contributed by atoms with van der Waals surface area (Å²) in [4.78, 5) is 0. The molecule has 2 rings (SSSR count). The molecular formula is C13H19ClN4O. The van der Waals surface area contributed by atoms with E-state index in [0.29, 0.717) is 6.42 Å². The number of hydrogen-bond acceptors (Lipinski definition) is 4. The molecule has 0 spiro atoms. The highest BCUT2D eigenvalue weighted by Crippen LogP contribution is 2.26. The van der Waals surface area contributed by atoms with Gasteiger partial charge in [0.2, 0.25) is 0 Å². The van der Waals surface area contributed by atoms with Gasteiger partial charge in [-0.2, -0.15) is 5.10 Å². The van der Waals surface area contributed by atoms with Crippen molar-refractivity contribution >= 4 is 11.6 Å². The van der Waals surface area contributed by atoms with Gasteiger partial charge in [-0.15, -0.1) is 0 Å². The van der Waals surface area contributed by atoms with Crippen molar-refractivity contribution in [1.29, 1.82) is 0 Å². The molecule has 2 aromatic heterocycles. The van der Waals surface area contributed by atoms with E-state index in [1.807, 2.05) is 31.6 Å². The van der Waals surface area contributed by atoms with Gasteiger partial charge in [0.25, 0.3) is 0 Å². The number of nitrogens with one attached hydrogen (secondary N) is 1. The first-order valence-electron chi connectivity index (χ1n) is 6.28. The standard InChI is InChI=1S/C13H19ClN4O/c1-4-10-13(14)12(18(3)17-10)6-11(16-15)9-5-8(2)19-7-9/h5,7,11,16H,4,6,15H2,1-3H3. The fourth-order valence-electron chi connectivity index (χ4n) is 2.15. The molecule has 0 saturated carbocycles. The molecular weight excluding hydrogens is 264 g/mol. The van der Waals surface area contributed by atoms with Crippen LogP contribution in [-0.2, 0) is 19.9 Å². The smallest absolute Gasteiger partial charge is 0.101 e. The molecule has 0 bridgehead atoms. The Balaban J connectivity index is 2.26. The summed E-state index contributed by atoms with van der Waals surface area (Å²) in [6.07, 6.45) is 3.20. The molecule has 0 aliphatic rings. The van der Waals surface area contributed by atoms with Gasteiger partial charge in [-0.1, -0.05) is 18.5 Å². The quantitative estimate of drug-likeness (QED) is 0.652. The third kappa shape index (κ3) is 2.83. The van der Waals surface area contributed by atoms with E-state index >= 15 is 0 Å². The van der Waals surface area contributed by atoms with E-state index < -0.39 is 0 Å². The SMILES string of the molecule is CCc1nn(C)c(CC(NN)c2coc(C)c2)c1Cl. The van der Waals surface area contributed by atoms with Crippen molar-refractivity contribution in [2.24, 2.45) is 12.9 Å². The predicted molar refractivity (Wildman–Crippen MR) is 74.8 cm³/mol. The van der Waals surface area contributed by atoms with Gasteiger partial charge in [0.1, 0.15) is 5.76 Å². The molecule has 0 amide bonds. The van der Waals surface area contributed by atoms with E-state index in [1.54, 1.807) is 6.26 Å². The van der Waals surface area contributed by atoms with Crippen LogP contribution in [-0.4, -0.2) is 9.78 Å². The van der Waals surface area contributed by atoms with E-state index in [2.05, 4.69) is 10.5 Å². The number of nitrogens with zero attached hydrogens (tertiary/aromatic N) is 2. The third-order valence-corrected chi connectivity index (χ3v) is 3.69. The zero-order valence-corrected chi connectivity index (χ0v) is 12.2. The molecule has 0 fully saturated rings. The number of hydrogen-bond donors (Lipinski definition) is 2. The van der Waals surface area contributed by atoms with Gasteiger partial charge in [0.15, 0.2) is 0 Å². The fourth-order valence-corrected chi connectivity index (χ4v) is 2.53. The topological polar surface area (TPSA) is 69.0 Å². The van der Waals surface area contributed by atoms with Crippen LogP contribution >= 0.6 is 11.6 Å². The van der Waals surface area contributed by atoms with Gasteiger partial charge in [-0.05, 0) is 19.4 Å². The average molecular weight is 283 g/mol. The Kier molecular flexibility index (Phi) is 4.29. The average Bonchev–Trinajstić information content (AvgIpc) is 2.92. The van der Waals surface area contributed by atoms with Crippen LogP contribution in [0, 0.1) is 6.92 Å². The van der Waals surface area contributed by atoms with E-state index in [-0.39, 0.29) is 6.04 Å². The fraction of sp³-hybridized carbons (Fsp3) is 0.462. The number of hydrazine groups is 1. The Labute approximate surface area is 117 Å². The first-order valence-corrected chi connectivity index (χ1v) is 6.66. The zero-order valence-electron chi connectivity index (χ0n) is 11.4. The highest BCUT2D eigenvalue weighted by atomic mass is 35.5. The normalized spacial score (nSPS) is 12.9. The van der Waals surface area contributed by atoms with Crippen LogP contribution in [0.4, 0.5) is 0 Å². The second kappa shape index (κ2) is 5.77. The van der Waals surface area contributed by atoms with Gasteiger partial charge in [0.05, 0.1) is 28.7 Å². The van der Waals surface area contributed by atoms with Crippen molar-refractivity contribution in [2.75, 3.05) is 0 Å². The zero-order chi connectivity index (χ0) is 14.0. The molecule has 0 aliphatic heterocycles. The first kappa shape index (κ1) is 14.1. The number of nitrogens with two attached hydrogens (primary N) is 1. The van der Waals surface area contributed by atoms with E-state index in [0.717, 1.165) is 34.2 Å². The highest BCUT2D eigenvalue weighted by molar-refractivity contribution is 6.31. The summed E-state index contributed by atoms with van der Waals surface area (Å²) in [6.45, 7) is 3.94. The van der Waals surface area contributed by atoms with Gasteiger partial charge in [-0.25, -0.2) is 0 Å². The Morgan fingerprint density at radius 3 is 2.79 bits per heavy atom. The van der Waals surface area contributed by atoms with Crippen molar-refractivity contribution in [3.8, 4) is 0 Å². The lowest BCUT2D eigenvalue weighted by molar-refractivity contribution is 0.503. The van der Waals surface area contributed by atoms with Gasteiger partial charge in [0, 0.05) is 19.0 Å². The molecule has 104 valence electrons. The van der Waals surface area contributed by atoms with Crippen LogP contribution < -0.4 is 11.3 Å². The predicted octanol–water partition coefficient (Wildman–Crippen LogP) is 2.28. The Bertz CT molecular complexity index is 561. The van der Waals surface area contributed by atoms with Crippen molar-refractivity contribution in [3.63, 3.8) is 0 Å².